The summed E-state index contributed by atoms with van der Waals surface area (Å²) in [6.07, 6.45) is 1.51. The number of halogens is 1. The van der Waals surface area contributed by atoms with Crippen molar-refractivity contribution < 1.29 is 4.74 Å². The van der Waals surface area contributed by atoms with E-state index in [1.165, 1.54) is 6.20 Å². The predicted octanol–water partition coefficient (Wildman–Crippen LogP) is 4.97. The Morgan fingerprint density at radius 3 is 2.50 bits per heavy atom. The van der Waals surface area contributed by atoms with Crippen molar-refractivity contribution in [2.75, 3.05) is 12.8 Å². The smallest absolute Gasteiger partial charge is 0.243 e. The standard InChI is InChI=1S/C23H25ClN6OS/c1-13(2)32-16-8-9-17(18(24)10-16)19-12-29-21(25)20(30-19)23(27)31-22(26)15-6-4-14(5-7-15)11-28-3/h4-10,12-13,26-28H,11H2,1-3H3,(H2,25,29). The zero-order valence-corrected chi connectivity index (χ0v) is 19.6. The number of nitrogens with zero attached hydrogens (tertiary/aromatic N) is 2. The quantitative estimate of drug-likeness (QED) is 0.221. The molecule has 0 spiro atoms. The second kappa shape index (κ2) is 10.6. The Labute approximate surface area is 196 Å². The molecule has 0 bridgehead atoms. The second-order valence-electron chi connectivity index (χ2n) is 7.28. The SMILES string of the molecule is CNCc1ccc(C(=N)OC(=N)c2nc(-c3ccc(SC(C)C)cc3Cl)cnc2N)cc1. The molecule has 7 nitrogen and oxygen atoms in total. The van der Waals surface area contributed by atoms with Crippen LogP contribution in [-0.2, 0) is 11.3 Å². The number of aromatic nitrogens is 2. The lowest BCUT2D eigenvalue weighted by atomic mass is 10.1. The summed E-state index contributed by atoms with van der Waals surface area (Å²) < 4.78 is 5.42. The molecule has 3 aromatic rings. The topological polar surface area (TPSA) is 121 Å². The van der Waals surface area contributed by atoms with Crippen molar-refractivity contribution in [1.82, 2.24) is 15.3 Å². The van der Waals surface area contributed by atoms with Gasteiger partial charge in [-0.05, 0) is 36.9 Å². The van der Waals surface area contributed by atoms with Crippen molar-refractivity contribution in [3.05, 3.63) is 70.5 Å². The minimum absolute atomic E-state index is 0.0408. The lowest BCUT2D eigenvalue weighted by Gasteiger charge is -2.12. The van der Waals surface area contributed by atoms with Crippen LogP contribution in [0.2, 0.25) is 5.02 Å². The van der Waals surface area contributed by atoms with E-state index in [2.05, 4.69) is 29.1 Å². The van der Waals surface area contributed by atoms with E-state index in [0.717, 1.165) is 17.0 Å². The molecular formula is C23H25ClN6OS. The van der Waals surface area contributed by atoms with Crippen LogP contribution in [-0.4, -0.2) is 34.1 Å². The van der Waals surface area contributed by atoms with E-state index >= 15 is 0 Å². The molecule has 1 heterocycles. The molecule has 166 valence electrons. The molecule has 0 aliphatic carbocycles. The third-order valence-corrected chi connectivity index (χ3v) is 5.72. The van der Waals surface area contributed by atoms with Gasteiger partial charge in [0.1, 0.15) is 0 Å². The van der Waals surface area contributed by atoms with Gasteiger partial charge < -0.3 is 15.8 Å². The number of nitrogens with one attached hydrogen (secondary N) is 3. The largest absolute Gasteiger partial charge is 0.419 e. The molecule has 0 saturated heterocycles. The first kappa shape index (κ1) is 23.7. The molecule has 0 aliphatic heterocycles. The number of hydrogen-bond donors (Lipinski definition) is 4. The summed E-state index contributed by atoms with van der Waals surface area (Å²) in [7, 11) is 1.87. The Kier molecular flexibility index (Phi) is 7.84. The van der Waals surface area contributed by atoms with Crippen LogP contribution in [0.5, 0.6) is 0 Å². The number of nitrogen functional groups attached to an aromatic ring is 1. The van der Waals surface area contributed by atoms with Crippen LogP contribution in [0.1, 0.15) is 30.7 Å². The highest BCUT2D eigenvalue weighted by molar-refractivity contribution is 7.99. The van der Waals surface area contributed by atoms with Gasteiger partial charge >= 0.3 is 0 Å². The highest BCUT2D eigenvalue weighted by Gasteiger charge is 2.17. The fraction of sp³-hybridized carbons (Fsp3) is 0.217. The first-order valence-corrected chi connectivity index (χ1v) is 11.2. The van der Waals surface area contributed by atoms with Gasteiger partial charge in [0.15, 0.2) is 11.5 Å². The highest BCUT2D eigenvalue weighted by Crippen LogP contribution is 2.32. The molecule has 0 radical (unpaired) electrons. The van der Waals surface area contributed by atoms with Crippen molar-refractivity contribution in [2.45, 2.75) is 30.5 Å². The zero-order valence-electron chi connectivity index (χ0n) is 18.1. The molecule has 3 rings (SSSR count). The van der Waals surface area contributed by atoms with Crippen LogP contribution in [0.4, 0.5) is 5.82 Å². The van der Waals surface area contributed by atoms with Crippen molar-refractivity contribution in [3.63, 3.8) is 0 Å². The minimum atomic E-state index is -0.357. The summed E-state index contributed by atoms with van der Waals surface area (Å²) in [6, 6.07) is 13.1. The summed E-state index contributed by atoms with van der Waals surface area (Å²) in [6.45, 7) is 4.96. The molecule has 32 heavy (non-hydrogen) atoms. The first-order valence-electron chi connectivity index (χ1n) is 9.96. The number of ether oxygens (including phenoxy) is 1. The van der Waals surface area contributed by atoms with Crippen molar-refractivity contribution in [1.29, 1.82) is 10.8 Å². The van der Waals surface area contributed by atoms with Gasteiger partial charge in [0, 0.05) is 27.8 Å². The molecule has 0 unspecified atom stereocenters. The molecular weight excluding hydrogens is 444 g/mol. The Hall–Kier alpha value is -2.94. The van der Waals surface area contributed by atoms with Crippen LogP contribution in [0.25, 0.3) is 11.3 Å². The lowest BCUT2D eigenvalue weighted by molar-refractivity contribution is 0.536. The van der Waals surface area contributed by atoms with Gasteiger partial charge in [-0.3, -0.25) is 10.8 Å². The fourth-order valence-corrected chi connectivity index (χ4v) is 4.15. The summed E-state index contributed by atoms with van der Waals surface area (Å²) in [5, 5.41) is 20.5. The minimum Gasteiger partial charge on any atom is -0.419 e. The average Bonchev–Trinajstić information content (AvgIpc) is 2.74. The van der Waals surface area contributed by atoms with E-state index in [9.17, 15) is 0 Å². The maximum atomic E-state index is 8.29. The van der Waals surface area contributed by atoms with E-state index in [4.69, 9.17) is 32.9 Å². The Morgan fingerprint density at radius 2 is 1.88 bits per heavy atom. The van der Waals surface area contributed by atoms with Gasteiger partial charge in [0.05, 0.1) is 16.9 Å². The number of anilines is 1. The second-order valence-corrected chi connectivity index (χ2v) is 9.34. The molecule has 2 aromatic carbocycles. The van der Waals surface area contributed by atoms with Crippen molar-refractivity contribution >= 4 is 41.0 Å². The first-order chi connectivity index (χ1) is 15.3. The van der Waals surface area contributed by atoms with E-state index in [1.54, 1.807) is 23.9 Å². The maximum absolute atomic E-state index is 8.29. The third kappa shape index (κ3) is 5.85. The Balaban J connectivity index is 1.80. The summed E-state index contributed by atoms with van der Waals surface area (Å²) in [5.74, 6) is -0.492. The average molecular weight is 469 g/mol. The summed E-state index contributed by atoms with van der Waals surface area (Å²) >= 11 is 8.20. The fourth-order valence-electron chi connectivity index (χ4n) is 2.93. The summed E-state index contributed by atoms with van der Waals surface area (Å²) in [5.41, 5.74) is 8.76. The van der Waals surface area contributed by atoms with Gasteiger partial charge in [-0.2, -0.15) is 0 Å². The van der Waals surface area contributed by atoms with Crippen LogP contribution < -0.4 is 11.1 Å². The number of nitrogens with two attached hydrogens (primary N) is 1. The van der Waals surface area contributed by atoms with Gasteiger partial charge in [0.2, 0.25) is 11.8 Å². The number of rotatable bonds is 7. The highest BCUT2D eigenvalue weighted by atomic mass is 35.5. The molecule has 5 N–H and O–H groups in total. The van der Waals surface area contributed by atoms with Gasteiger partial charge in [-0.1, -0.05) is 43.6 Å². The molecule has 0 amide bonds. The molecule has 0 fully saturated rings. The monoisotopic (exact) mass is 468 g/mol. The lowest BCUT2D eigenvalue weighted by Crippen LogP contribution is -2.17. The molecule has 1 aromatic heterocycles. The molecule has 0 saturated carbocycles. The van der Waals surface area contributed by atoms with Crippen LogP contribution in [0.15, 0.2) is 53.6 Å². The van der Waals surface area contributed by atoms with Crippen molar-refractivity contribution in [3.8, 4) is 11.3 Å². The third-order valence-electron chi connectivity index (χ3n) is 4.41. The van der Waals surface area contributed by atoms with E-state index in [1.807, 2.05) is 37.4 Å². The summed E-state index contributed by atoms with van der Waals surface area (Å²) in [4.78, 5) is 9.66. The number of hydrogen-bond acceptors (Lipinski definition) is 8. The molecule has 0 atom stereocenters. The number of thioether (sulfide) groups is 1. The van der Waals surface area contributed by atoms with Crippen LogP contribution >= 0.6 is 23.4 Å². The van der Waals surface area contributed by atoms with Crippen LogP contribution in [0.3, 0.4) is 0 Å². The van der Waals surface area contributed by atoms with Crippen molar-refractivity contribution in [2.24, 2.45) is 0 Å². The zero-order chi connectivity index (χ0) is 23.3. The van der Waals surface area contributed by atoms with E-state index in [-0.39, 0.29) is 23.3 Å². The molecule has 9 heteroatoms. The normalized spacial score (nSPS) is 10.9. The van der Waals surface area contributed by atoms with Gasteiger partial charge in [0.25, 0.3) is 0 Å². The van der Waals surface area contributed by atoms with Gasteiger partial charge in [-0.15, -0.1) is 11.8 Å². The van der Waals surface area contributed by atoms with Crippen LogP contribution in [0, 0.1) is 10.8 Å². The van der Waals surface area contributed by atoms with Gasteiger partial charge in [-0.25, -0.2) is 9.97 Å². The van der Waals surface area contributed by atoms with E-state index in [0.29, 0.717) is 27.1 Å². The Morgan fingerprint density at radius 1 is 1.16 bits per heavy atom. The van der Waals surface area contributed by atoms with E-state index < -0.39 is 0 Å². The molecule has 0 aliphatic rings. The number of benzene rings is 2. The maximum Gasteiger partial charge on any atom is 0.243 e. The predicted molar refractivity (Wildman–Crippen MR) is 132 cm³/mol. The Bertz CT molecular complexity index is 1130.